The van der Waals surface area contributed by atoms with Gasteiger partial charge in [-0.25, -0.2) is 0 Å². The summed E-state index contributed by atoms with van der Waals surface area (Å²) >= 11 is 0. The Morgan fingerprint density at radius 3 is 2.37 bits per heavy atom. The van der Waals surface area contributed by atoms with Crippen LogP contribution in [0.3, 0.4) is 0 Å². The smallest absolute Gasteiger partial charge is 0.149 e. The van der Waals surface area contributed by atoms with E-state index in [2.05, 4.69) is 25.7 Å². The zero-order chi connectivity index (χ0) is 13.9. The minimum absolute atomic E-state index is 0.126. The van der Waals surface area contributed by atoms with E-state index >= 15 is 0 Å². The van der Waals surface area contributed by atoms with Gasteiger partial charge in [-0.05, 0) is 57.3 Å². The molecule has 1 heterocycles. The van der Waals surface area contributed by atoms with Crippen LogP contribution < -0.4 is 0 Å². The maximum atomic E-state index is 12.3. The number of nitrogens with zero attached hydrogens (tertiary/aromatic N) is 1. The van der Waals surface area contributed by atoms with Crippen molar-refractivity contribution in [2.24, 2.45) is 10.8 Å². The molecule has 0 amide bonds. The fraction of sp³-hybridized carbons (Fsp3) is 0.941. The summed E-state index contributed by atoms with van der Waals surface area (Å²) in [5.41, 5.74) is 1.27. The summed E-state index contributed by atoms with van der Waals surface area (Å²) in [6.07, 6.45) is 8.95. The average Bonchev–Trinajstić information content (AvgIpc) is 2.74. The molecule has 0 aromatic carbocycles. The highest BCUT2D eigenvalue weighted by atomic mass is 16.1. The van der Waals surface area contributed by atoms with Gasteiger partial charge in [0, 0.05) is 18.5 Å². The zero-order valence-electron chi connectivity index (χ0n) is 13.1. The van der Waals surface area contributed by atoms with Crippen LogP contribution in [0, 0.1) is 10.8 Å². The molecule has 3 fully saturated rings. The Kier molecular flexibility index (Phi) is 2.91. The summed E-state index contributed by atoms with van der Waals surface area (Å²) in [6, 6.07) is 0.199. The van der Waals surface area contributed by atoms with Crippen molar-refractivity contribution in [1.82, 2.24) is 4.90 Å². The number of Topliss-reactive ketones (excluding diaryl/α,β-unsaturated/α-hetero) is 1. The van der Waals surface area contributed by atoms with E-state index in [0.717, 1.165) is 6.42 Å². The molecule has 0 bridgehead atoms. The summed E-state index contributed by atoms with van der Waals surface area (Å²) in [5, 5.41) is 0. The predicted octanol–water partition coefficient (Wildman–Crippen LogP) is 3.79. The van der Waals surface area contributed by atoms with Crippen molar-refractivity contribution in [1.29, 1.82) is 0 Å². The third-order valence-corrected chi connectivity index (χ3v) is 6.25. The molecule has 3 rings (SSSR count). The van der Waals surface area contributed by atoms with Crippen LogP contribution in [0.15, 0.2) is 0 Å². The number of carbonyl (C=O) groups excluding carboxylic acids is 1. The van der Waals surface area contributed by atoms with Gasteiger partial charge in [-0.3, -0.25) is 9.69 Å². The molecule has 1 aliphatic heterocycles. The van der Waals surface area contributed by atoms with Gasteiger partial charge < -0.3 is 0 Å². The number of rotatable bonds is 2. The monoisotopic (exact) mass is 263 g/mol. The molecule has 0 aromatic rings. The summed E-state index contributed by atoms with van der Waals surface area (Å²) in [7, 11) is 0. The van der Waals surface area contributed by atoms with Gasteiger partial charge in [0.25, 0.3) is 0 Å². The van der Waals surface area contributed by atoms with Crippen LogP contribution in [0.25, 0.3) is 0 Å². The highest BCUT2D eigenvalue weighted by Crippen LogP contribution is 2.75. The molecule has 19 heavy (non-hydrogen) atoms. The third-order valence-electron chi connectivity index (χ3n) is 6.25. The van der Waals surface area contributed by atoms with Crippen molar-refractivity contribution in [2.45, 2.75) is 84.2 Å². The van der Waals surface area contributed by atoms with Gasteiger partial charge >= 0.3 is 0 Å². The third kappa shape index (κ3) is 1.90. The van der Waals surface area contributed by atoms with Gasteiger partial charge in [-0.2, -0.15) is 0 Å². The first-order chi connectivity index (χ1) is 8.84. The van der Waals surface area contributed by atoms with E-state index in [4.69, 9.17) is 0 Å². The van der Waals surface area contributed by atoms with Gasteiger partial charge in [0.15, 0.2) is 0 Å². The largest absolute Gasteiger partial charge is 0.298 e. The Bertz CT molecular complexity index is 389. The van der Waals surface area contributed by atoms with Crippen LogP contribution in [0.2, 0.25) is 0 Å². The molecule has 2 spiro atoms. The number of carbonyl (C=O) groups is 1. The minimum Gasteiger partial charge on any atom is -0.298 e. The number of hydrogen-bond donors (Lipinski definition) is 0. The number of ketones is 1. The van der Waals surface area contributed by atoms with Crippen LogP contribution in [-0.2, 0) is 4.79 Å². The van der Waals surface area contributed by atoms with E-state index in [0.29, 0.717) is 23.0 Å². The molecule has 0 N–H and O–H groups in total. The van der Waals surface area contributed by atoms with Gasteiger partial charge in [0.1, 0.15) is 5.78 Å². The lowest BCUT2D eigenvalue weighted by Crippen LogP contribution is -2.47. The van der Waals surface area contributed by atoms with E-state index in [1.54, 1.807) is 0 Å². The lowest BCUT2D eigenvalue weighted by Gasteiger charge is -2.36. The van der Waals surface area contributed by atoms with E-state index < -0.39 is 0 Å². The van der Waals surface area contributed by atoms with Gasteiger partial charge in [0.05, 0.1) is 6.04 Å². The zero-order valence-corrected chi connectivity index (χ0v) is 13.1. The van der Waals surface area contributed by atoms with Gasteiger partial charge in [-0.15, -0.1) is 0 Å². The molecule has 2 saturated carbocycles. The Hall–Kier alpha value is -0.370. The quantitative estimate of drug-likeness (QED) is 0.755. The summed E-state index contributed by atoms with van der Waals surface area (Å²) in [4.78, 5) is 14.9. The highest BCUT2D eigenvalue weighted by Gasteiger charge is 2.71. The van der Waals surface area contributed by atoms with Crippen LogP contribution in [0.4, 0.5) is 0 Å². The van der Waals surface area contributed by atoms with E-state index in [1.807, 2.05) is 6.92 Å². The molecular formula is C17H29NO. The van der Waals surface area contributed by atoms with Crippen molar-refractivity contribution < 1.29 is 4.79 Å². The second-order valence-corrected chi connectivity index (χ2v) is 8.28. The Balaban J connectivity index is 1.84. The number of fused-ring (bicyclic) bond motifs is 1. The second kappa shape index (κ2) is 4.07. The molecular weight excluding hydrogens is 234 g/mol. The SMILES string of the molecule is CCC(=O)[C@@H]1C[C@@]2(CN1C(C)(C)C)CC21CCCC1. The van der Waals surface area contributed by atoms with Crippen molar-refractivity contribution in [3.05, 3.63) is 0 Å². The van der Waals surface area contributed by atoms with Crippen molar-refractivity contribution in [3.63, 3.8) is 0 Å². The second-order valence-electron chi connectivity index (χ2n) is 8.28. The van der Waals surface area contributed by atoms with Crippen LogP contribution >= 0.6 is 0 Å². The van der Waals surface area contributed by atoms with Gasteiger partial charge in [0.2, 0.25) is 0 Å². The first kappa shape index (κ1) is 13.6. The fourth-order valence-electron chi connectivity index (χ4n) is 5.08. The van der Waals surface area contributed by atoms with Crippen molar-refractivity contribution in [2.75, 3.05) is 6.54 Å². The first-order valence-electron chi connectivity index (χ1n) is 8.13. The fourth-order valence-corrected chi connectivity index (χ4v) is 5.08. The molecule has 2 nitrogen and oxygen atoms in total. The maximum Gasteiger partial charge on any atom is 0.149 e. The van der Waals surface area contributed by atoms with E-state index in [1.165, 1.54) is 38.6 Å². The van der Waals surface area contributed by atoms with Crippen molar-refractivity contribution in [3.8, 4) is 0 Å². The molecule has 0 radical (unpaired) electrons. The standard InChI is InChI=1S/C17H29NO/c1-5-14(19)13-10-17(12-18(13)15(2,3)4)11-16(17)8-6-7-9-16/h13H,5-12H2,1-4H3/t13-,17-/m0/s1. The number of hydrogen-bond acceptors (Lipinski definition) is 2. The van der Waals surface area contributed by atoms with Gasteiger partial charge in [-0.1, -0.05) is 19.8 Å². The Morgan fingerprint density at radius 1 is 1.21 bits per heavy atom. The van der Waals surface area contributed by atoms with E-state index in [-0.39, 0.29) is 11.6 Å². The Morgan fingerprint density at radius 2 is 1.84 bits per heavy atom. The molecule has 108 valence electrons. The van der Waals surface area contributed by atoms with Crippen molar-refractivity contribution >= 4 is 5.78 Å². The van der Waals surface area contributed by atoms with E-state index in [9.17, 15) is 4.79 Å². The molecule has 3 aliphatic rings. The predicted molar refractivity (Wildman–Crippen MR) is 78.1 cm³/mol. The molecule has 0 unspecified atom stereocenters. The maximum absolute atomic E-state index is 12.3. The average molecular weight is 263 g/mol. The lowest BCUT2D eigenvalue weighted by atomic mass is 9.88. The molecule has 2 heteroatoms. The summed E-state index contributed by atoms with van der Waals surface area (Å²) in [6.45, 7) is 10.0. The summed E-state index contributed by atoms with van der Waals surface area (Å²) in [5.74, 6) is 0.465. The Labute approximate surface area is 117 Å². The molecule has 2 atom stereocenters. The minimum atomic E-state index is 0.126. The first-order valence-corrected chi connectivity index (χ1v) is 8.13. The van der Waals surface area contributed by atoms with Crippen LogP contribution in [-0.4, -0.2) is 28.8 Å². The molecule has 1 saturated heterocycles. The molecule has 0 aromatic heterocycles. The molecule has 2 aliphatic carbocycles. The normalized spacial score (nSPS) is 37.4. The van der Waals surface area contributed by atoms with Crippen LogP contribution in [0.1, 0.15) is 72.6 Å². The van der Waals surface area contributed by atoms with Crippen LogP contribution in [0.5, 0.6) is 0 Å². The highest BCUT2D eigenvalue weighted by molar-refractivity contribution is 5.84. The topological polar surface area (TPSA) is 20.3 Å². The lowest BCUT2D eigenvalue weighted by molar-refractivity contribution is -0.124. The summed E-state index contributed by atoms with van der Waals surface area (Å²) < 4.78 is 0. The number of likely N-dealkylation sites (tertiary alicyclic amines) is 1.